The zero-order valence-electron chi connectivity index (χ0n) is 17.5. The number of nitrogens with zero attached hydrogens (tertiary/aromatic N) is 1. The van der Waals surface area contributed by atoms with E-state index in [9.17, 15) is 14.4 Å². The van der Waals surface area contributed by atoms with Crippen LogP contribution in [0.3, 0.4) is 0 Å². The maximum atomic E-state index is 12.4. The van der Waals surface area contributed by atoms with Gasteiger partial charge in [0.05, 0.1) is 17.5 Å². The highest BCUT2D eigenvalue weighted by Crippen LogP contribution is 2.24. The number of carbonyl (C=O) groups is 3. The minimum atomic E-state index is -1.03. The van der Waals surface area contributed by atoms with Crippen LogP contribution in [0.2, 0.25) is 0 Å². The second kappa shape index (κ2) is 9.92. The van der Waals surface area contributed by atoms with Crippen LogP contribution in [-0.4, -0.2) is 28.9 Å². The van der Waals surface area contributed by atoms with Crippen molar-refractivity contribution in [2.24, 2.45) is 0 Å². The highest BCUT2D eigenvalue weighted by atomic mass is 32.1. The van der Waals surface area contributed by atoms with E-state index in [0.29, 0.717) is 10.8 Å². The van der Waals surface area contributed by atoms with Crippen LogP contribution in [-0.2, 0) is 9.53 Å². The molecule has 8 nitrogen and oxygen atoms in total. The molecule has 2 N–H and O–H groups in total. The van der Waals surface area contributed by atoms with E-state index in [1.54, 1.807) is 24.3 Å². The van der Waals surface area contributed by atoms with Crippen molar-refractivity contribution >= 4 is 39.9 Å². The van der Waals surface area contributed by atoms with Gasteiger partial charge in [0.2, 0.25) is 0 Å². The van der Waals surface area contributed by atoms with Gasteiger partial charge >= 0.3 is 5.97 Å². The smallest absolute Gasteiger partial charge is 0.338 e. The SMILES string of the molecule is CC(OC(=O)c1ccc(NC(=O)c2ccco2)cc1)C(=O)Nc1nc(-c2ccccc2)cs1. The van der Waals surface area contributed by atoms with Crippen molar-refractivity contribution < 1.29 is 23.5 Å². The maximum absolute atomic E-state index is 12.4. The van der Waals surface area contributed by atoms with Gasteiger partial charge in [-0.15, -0.1) is 11.3 Å². The Balaban J connectivity index is 1.31. The zero-order valence-corrected chi connectivity index (χ0v) is 18.3. The van der Waals surface area contributed by atoms with Crippen molar-refractivity contribution in [1.82, 2.24) is 4.98 Å². The van der Waals surface area contributed by atoms with Gasteiger partial charge in [-0.1, -0.05) is 30.3 Å². The molecule has 2 aromatic carbocycles. The molecule has 4 aromatic rings. The van der Waals surface area contributed by atoms with Crippen molar-refractivity contribution in [3.05, 3.63) is 89.7 Å². The van der Waals surface area contributed by atoms with E-state index in [2.05, 4.69) is 15.6 Å². The lowest BCUT2D eigenvalue weighted by Crippen LogP contribution is -2.30. The largest absolute Gasteiger partial charge is 0.459 e. The van der Waals surface area contributed by atoms with Crippen LogP contribution in [0, 0.1) is 0 Å². The number of aromatic nitrogens is 1. The van der Waals surface area contributed by atoms with Crippen LogP contribution >= 0.6 is 11.3 Å². The molecule has 2 amide bonds. The van der Waals surface area contributed by atoms with Gasteiger partial charge in [0.25, 0.3) is 11.8 Å². The lowest BCUT2D eigenvalue weighted by atomic mass is 10.2. The number of hydrogen-bond donors (Lipinski definition) is 2. The molecule has 33 heavy (non-hydrogen) atoms. The lowest BCUT2D eigenvalue weighted by Gasteiger charge is -2.12. The normalized spacial score (nSPS) is 11.4. The highest BCUT2D eigenvalue weighted by Gasteiger charge is 2.20. The molecule has 0 fully saturated rings. The van der Waals surface area contributed by atoms with Crippen molar-refractivity contribution in [2.45, 2.75) is 13.0 Å². The Morgan fingerprint density at radius 1 is 0.970 bits per heavy atom. The molecule has 0 aliphatic carbocycles. The summed E-state index contributed by atoms with van der Waals surface area (Å²) in [6.07, 6.45) is 0.377. The van der Waals surface area contributed by atoms with Crippen molar-refractivity contribution in [3.63, 3.8) is 0 Å². The topological polar surface area (TPSA) is 111 Å². The fraction of sp³-hybridized carbons (Fsp3) is 0.0833. The van der Waals surface area contributed by atoms with Crippen LogP contribution < -0.4 is 10.6 Å². The maximum Gasteiger partial charge on any atom is 0.338 e. The number of rotatable bonds is 7. The summed E-state index contributed by atoms with van der Waals surface area (Å²) in [5.41, 5.74) is 2.42. The summed E-state index contributed by atoms with van der Waals surface area (Å²) < 4.78 is 10.3. The van der Waals surface area contributed by atoms with Gasteiger partial charge in [-0.05, 0) is 43.3 Å². The number of esters is 1. The molecule has 4 rings (SSSR count). The molecule has 2 aromatic heterocycles. The first-order valence-corrected chi connectivity index (χ1v) is 10.9. The van der Waals surface area contributed by atoms with E-state index >= 15 is 0 Å². The number of nitrogens with one attached hydrogen (secondary N) is 2. The Morgan fingerprint density at radius 3 is 2.42 bits per heavy atom. The third kappa shape index (κ3) is 5.52. The number of thiazole rings is 1. The second-order valence-corrected chi connectivity index (χ2v) is 7.81. The van der Waals surface area contributed by atoms with Gasteiger partial charge in [-0.3, -0.25) is 14.9 Å². The van der Waals surface area contributed by atoms with Crippen molar-refractivity contribution in [1.29, 1.82) is 0 Å². The number of benzene rings is 2. The van der Waals surface area contributed by atoms with Crippen molar-refractivity contribution in [3.8, 4) is 11.3 Å². The molecule has 166 valence electrons. The van der Waals surface area contributed by atoms with Gasteiger partial charge < -0.3 is 14.5 Å². The predicted molar refractivity (Wildman–Crippen MR) is 124 cm³/mol. The molecule has 9 heteroatoms. The summed E-state index contributed by atoms with van der Waals surface area (Å²) in [5, 5.41) is 7.58. The number of hydrogen-bond acceptors (Lipinski definition) is 7. The van der Waals surface area contributed by atoms with Gasteiger partial charge in [0.1, 0.15) is 0 Å². The van der Waals surface area contributed by atoms with Crippen LogP contribution in [0.1, 0.15) is 27.8 Å². The molecule has 0 saturated carbocycles. The molecule has 0 saturated heterocycles. The van der Waals surface area contributed by atoms with Gasteiger partial charge in [-0.25, -0.2) is 9.78 Å². The number of furan rings is 1. The summed E-state index contributed by atoms with van der Waals surface area (Å²) in [4.78, 5) is 41.2. The first-order chi connectivity index (χ1) is 16.0. The first-order valence-electron chi connectivity index (χ1n) is 9.97. The molecule has 0 aliphatic heterocycles. The minimum absolute atomic E-state index is 0.175. The number of amides is 2. The van der Waals surface area contributed by atoms with E-state index < -0.39 is 23.9 Å². The third-order valence-electron chi connectivity index (χ3n) is 4.58. The van der Waals surface area contributed by atoms with Crippen LogP contribution in [0.15, 0.2) is 82.8 Å². The third-order valence-corrected chi connectivity index (χ3v) is 5.34. The molecule has 1 unspecified atom stereocenters. The lowest BCUT2D eigenvalue weighted by molar-refractivity contribution is -0.123. The Hall–Kier alpha value is -4.24. The van der Waals surface area contributed by atoms with Crippen LogP contribution in [0.25, 0.3) is 11.3 Å². The quantitative estimate of drug-likeness (QED) is 0.381. The molecule has 2 heterocycles. The Bertz CT molecular complexity index is 1250. The fourth-order valence-electron chi connectivity index (χ4n) is 2.85. The van der Waals surface area contributed by atoms with Crippen LogP contribution in [0.4, 0.5) is 10.8 Å². The fourth-order valence-corrected chi connectivity index (χ4v) is 3.57. The monoisotopic (exact) mass is 461 g/mol. The second-order valence-electron chi connectivity index (χ2n) is 6.95. The number of ether oxygens (including phenoxy) is 1. The number of anilines is 2. The Morgan fingerprint density at radius 2 is 1.73 bits per heavy atom. The standard InChI is InChI=1S/C24H19N3O5S/c1-15(21(28)27-24-26-19(14-33-24)16-6-3-2-4-7-16)32-23(30)17-9-11-18(12-10-17)25-22(29)20-8-5-13-31-20/h2-15H,1H3,(H,25,29)(H,26,27,28). The zero-order chi connectivity index (χ0) is 23.2. The summed E-state index contributed by atoms with van der Waals surface area (Å²) in [5.74, 6) is -1.38. The highest BCUT2D eigenvalue weighted by molar-refractivity contribution is 7.14. The molecule has 0 radical (unpaired) electrons. The van der Waals surface area contributed by atoms with Crippen LogP contribution in [0.5, 0.6) is 0 Å². The van der Waals surface area contributed by atoms with Gasteiger partial charge in [0.15, 0.2) is 17.0 Å². The van der Waals surface area contributed by atoms with Gasteiger partial charge in [0, 0.05) is 16.6 Å². The average Bonchev–Trinajstić information content (AvgIpc) is 3.53. The minimum Gasteiger partial charge on any atom is -0.459 e. The van der Waals surface area contributed by atoms with E-state index in [4.69, 9.17) is 9.15 Å². The predicted octanol–water partition coefficient (Wildman–Crippen LogP) is 4.84. The van der Waals surface area contributed by atoms with Gasteiger partial charge in [-0.2, -0.15) is 0 Å². The number of carbonyl (C=O) groups excluding carboxylic acids is 3. The molecule has 1 atom stereocenters. The summed E-state index contributed by atoms with van der Waals surface area (Å²) in [7, 11) is 0. The average molecular weight is 461 g/mol. The van der Waals surface area contributed by atoms with E-state index in [1.165, 1.54) is 36.7 Å². The van der Waals surface area contributed by atoms with E-state index in [1.807, 2.05) is 35.7 Å². The molecular weight excluding hydrogens is 442 g/mol. The Labute approximate surface area is 193 Å². The molecule has 0 bridgehead atoms. The van der Waals surface area contributed by atoms with E-state index in [0.717, 1.165) is 11.3 Å². The molecule has 0 aliphatic rings. The van der Waals surface area contributed by atoms with Crippen molar-refractivity contribution in [2.75, 3.05) is 10.6 Å². The summed E-state index contributed by atoms with van der Waals surface area (Å²) in [6, 6.07) is 18.9. The van der Waals surface area contributed by atoms with E-state index in [-0.39, 0.29) is 11.3 Å². The summed E-state index contributed by atoms with van der Waals surface area (Å²) in [6.45, 7) is 1.48. The first kappa shape index (κ1) is 22.0. The Kier molecular flexibility index (Phi) is 6.61. The summed E-state index contributed by atoms with van der Waals surface area (Å²) >= 11 is 1.29. The molecular formula is C24H19N3O5S. The molecule has 0 spiro atoms.